The number of carbonyl (C=O) groups is 1. The lowest BCUT2D eigenvalue weighted by Crippen LogP contribution is -2.62. The van der Waals surface area contributed by atoms with Crippen LogP contribution in [0.2, 0.25) is 0 Å². The highest BCUT2D eigenvalue weighted by molar-refractivity contribution is 5.80. The summed E-state index contributed by atoms with van der Waals surface area (Å²) in [4.78, 5) is 10.8. The van der Waals surface area contributed by atoms with Gasteiger partial charge in [0.2, 0.25) is 0 Å². The number of carboxylic acid groups (broad SMARTS) is 1. The lowest BCUT2D eigenvalue weighted by atomic mass is 9.98. The van der Waals surface area contributed by atoms with Crippen LogP contribution in [0, 0.1) is 0 Å². The van der Waals surface area contributed by atoms with Gasteiger partial charge in [-0.25, -0.2) is 0 Å². The Morgan fingerprint density at radius 3 is 3.09 bits per heavy atom. The van der Waals surface area contributed by atoms with Gasteiger partial charge in [-0.1, -0.05) is 0 Å². The van der Waals surface area contributed by atoms with E-state index >= 15 is 0 Å². The maximum Gasteiger partial charge on any atom is 0.325 e. The number of aliphatic carboxylic acids is 1. The molecule has 2 bridgehead atoms. The molecule has 0 saturated carbocycles. The fourth-order valence-corrected chi connectivity index (χ4v) is 1.95. The first-order valence-electron chi connectivity index (χ1n) is 3.95. The van der Waals surface area contributed by atoms with Gasteiger partial charge in [-0.05, 0) is 12.8 Å². The first-order valence-corrected chi connectivity index (χ1v) is 3.95. The van der Waals surface area contributed by atoms with Crippen molar-refractivity contribution in [2.24, 2.45) is 0 Å². The third kappa shape index (κ3) is 0.937. The SMILES string of the molecule is O=C(O)C12CCC(CNC1)N2. The fraction of sp³-hybridized carbons (Fsp3) is 0.857. The summed E-state index contributed by atoms with van der Waals surface area (Å²) in [6.45, 7) is 1.48. The van der Waals surface area contributed by atoms with Crippen molar-refractivity contribution in [1.29, 1.82) is 0 Å². The van der Waals surface area contributed by atoms with Crippen LogP contribution in [0.5, 0.6) is 0 Å². The predicted molar refractivity (Wildman–Crippen MR) is 39.4 cm³/mol. The number of piperazine rings is 1. The molecule has 0 radical (unpaired) electrons. The number of hydrogen-bond acceptors (Lipinski definition) is 3. The lowest BCUT2D eigenvalue weighted by molar-refractivity contribution is -0.144. The lowest BCUT2D eigenvalue weighted by Gasteiger charge is -2.30. The minimum atomic E-state index is -0.716. The van der Waals surface area contributed by atoms with Gasteiger partial charge in [0.05, 0.1) is 0 Å². The molecule has 0 aromatic carbocycles. The van der Waals surface area contributed by atoms with Crippen LogP contribution in [0.15, 0.2) is 0 Å². The van der Waals surface area contributed by atoms with E-state index in [9.17, 15) is 4.79 Å². The summed E-state index contributed by atoms with van der Waals surface area (Å²) in [5.41, 5.74) is -0.650. The standard InChI is InChI=1S/C7H12N2O2/c10-6(11)7-2-1-5(9-7)3-8-4-7/h5,8-9H,1-4H2,(H,10,11). The van der Waals surface area contributed by atoms with E-state index in [1.165, 1.54) is 0 Å². The number of hydrogen-bond donors (Lipinski definition) is 3. The molecule has 0 aliphatic carbocycles. The highest BCUT2D eigenvalue weighted by atomic mass is 16.4. The molecule has 2 saturated heterocycles. The zero-order valence-corrected chi connectivity index (χ0v) is 6.26. The molecule has 2 aliphatic heterocycles. The molecule has 62 valence electrons. The number of rotatable bonds is 1. The van der Waals surface area contributed by atoms with Gasteiger partial charge in [0.25, 0.3) is 0 Å². The van der Waals surface area contributed by atoms with Gasteiger partial charge >= 0.3 is 5.97 Å². The Bertz CT molecular complexity index is 191. The van der Waals surface area contributed by atoms with Crippen molar-refractivity contribution < 1.29 is 9.90 Å². The molecule has 2 fully saturated rings. The van der Waals surface area contributed by atoms with Crippen LogP contribution in [0.3, 0.4) is 0 Å². The van der Waals surface area contributed by atoms with Gasteiger partial charge in [0, 0.05) is 19.1 Å². The molecule has 2 heterocycles. The first-order chi connectivity index (χ1) is 5.23. The minimum Gasteiger partial charge on any atom is -0.480 e. The number of nitrogens with one attached hydrogen (secondary N) is 2. The molecule has 2 rings (SSSR count). The summed E-state index contributed by atoms with van der Waals surface area (Å²) in [5, 5.41) is 15.2. The Morgan fingerprint density at radius 1 is 1.64 bits per heavy atom. The summed E-state index contributed by atoms with van der Waals surface area (Å²) in [6.07, 6.45) is 1.75. The predicted octanol–water partition coefficient (Wildman–Crippen LogP) is -0.835. The molecule has 2 atom stereocenters. The van der Waals surface area contributed by atoms with Crippen molar-refractivity contribution in [1.82, 2.24) is 10.6 Å². The monoisotopic (exact) mass is 156 g/mol. The second-order valence-corrected chi connectivity index (χ2v) is 3.40. The van der Waals surface area contributed by atoms with Gasteiger partial charge in [-0.3, -0.25) is 10.1 Å². The zero-order valence-electron chi connectivity index (χ0n) is 6.26. The summed E-state index contributed by atoms with van der Waals surface area (Å²) in [7, 11) is 0. The average molecular weight is 156 g/mol. The van der Waals surface area contributed by atoms with Gasteiger partial charge in [0.1, 0.15) is 5.54 Å². The van der Waals surface area contributed by atoms with Crippen molar-refractivity contribution in [2.75, 3.05) is 13.1 Å². The van der Waals surface area contributed by atoms with E-state index in [4.69, 9.17) is 5.11 Å². The number of carboxylic acids is 1. The molecular weight excluding hydrogens is 144 g/mol. The quantitative estimate of drug-likeness (QED) is 0.463. The Labute approximate surface area is 65.0 Å². The fourth-order valence-electron chi connectivity index (χ4n) is 1.95. The van der Waals surface area contributed by atoms with E-state index < -0.39 is 11.5 Å². The van der Waals surface area contributed by atoms with Gasteiger partial charge in [-0.2, -0.15) is 0 Å². The van der Waals surface area contributed by atoms with Crippen LogP contribution in [0.1, 0.15) is 12.8 Å². The summed E-state index contributed by atoms with van der Waals surface area (Å²) in [6, 6.07) is 0.375. The van der Waals surface area contributed by atoms with Crippen LogP contribution >= 0.6 is 0 Å². The number of fused-ring (bicyclic) bond motifs is 2. The Balaban J connectivity index is 2.19. The van der Waals surface area contributed by atoms with Gasteiger partial charge in [0.15, 0.2) is 0 Å². The van der Waals surface area contributed by atoms with Crippen molar-refractivity contribution >= 4 is 5.97 Å². The van der Waals surface area contributed by atoms with Crippen LogP contribution in [-0.4, -0.2) is 35.7 Å². The second-order valence-electron chi connectivity index (χ2n) is 3.40. The van der Waals surface area contributed by atoms with Crippen LogP contribution in [-0.2, 0) is 4.79 Å². The molecule has 11 heavy (non-hydrogen) atoms. The van der Waals surface area contributed by atoms with E-state index in [0.717, 1.165) is 19.4 Å². The molecule has 0 aromatic rings. The molecular formula is C7H12N2O2. The van der Waals surface area contributed by atoms with Crippen molar-refractivity contribution in [3.8, 4) is 0 Å². The third-order valence-corrected chi connectivity index (χ3v) is 2.63. The smallest absolute Gasteiger partial charge is 0.325 e. The molecule has 0 spiro atoms. The summed E-state index contributed by atoms with van der Waals surface area (Å²) >= 11 is 0. The largest absolute Gasteiger partial charge is 0.480 e. The molecule has 0 aromatic heterocycles. The van der Waals surface area contributed by atoms with Crippen LogP contribution in [0.4, 0.5) is 0 Å². The average Bonchev–Trinajstić information content (AvgIpc) is 2.29. The zero-order chi connectivity index (χ0) is 7.90. The Kier molecular flexibility index (Phi) is 1.40. The van der Waals surface area contributed by atoms with Gasteiger partial charge in [-0.15, -0.1) is 0 Å². The highest BCUT2D eigenvalue weighted by Crippen LogP contribution is 2.25. The molecule has 2 unspecified atom stereocenters. The van der Waals surface area contributed by atoms with Crippen molar-refractivity contribution in [2.45, 2.75) is 24.4 Å². The maximum atomic E-state index is 10.8. The van der Waals surface area contributed by atoms with Crippen molar-refractivity contribution in [3.63, 3.8) is 0 Å². The van der Waals surface area contributed by atoms with E-state index in [0.29, 0.717) is 12.6 Å². The Morgan fingerprint density at radius 2 is 2.45 bits per heavy atom. The summed E-state index contributed by atoms with van der Waals surface area (Å²) in [5.74, 6) is -0.716. The molecule has 0 amide bonds. The van der Waals surface area contributed by atoms with E-state index in [1.807, 2.05) is 0 Å². The first kappa shape index (κ1) is 7.06. The summed E-state index contributed by atoms with van der Waals surface area (Å²) < 4.78 is 0. The van der Waals surface area contributed by atoms with Crippen LogP contribution in [0.25, 0.3) is 0 Å². The third-order valence-electron chi connectivity index (χ3n) is 2.63. The van der Waals surface area contributed by atoms with Crippen LogP contribution < -0.4 is 10.6 Å². The molecule has 4 heteroatoms. The second kappa shape index (κ2) is 2.19. The topological polar surface area (TPSA) is 61.4 Å². The molecule has 3 N–H and O–H groups in total. The van der Waals surface area contributed by atoms with Gasteiger partial charge < -0.3 is 10.4 Å². The van der Waals surface area contributed by atoms with Crippen molar-refractivity contribution in [3.05, 3.63) is 0 Å². The molecule has 4 nitrogen and oxygen atoms in total. The van der Waals surface area contributed by atoms with E-state index in [-0.39, 0.29) is 0 Å². The highest BCUT2D eigenvalue weighted by Gasteiger charge is 2.47. The van der Waals surface area contributed by atoms with E-state index in [2.05, 4.69) is 10.6 Å². The Hall–Kier alpha value is -0.610. The molecule has 2 aliphatic rings. The maximum absolute atomic E-state index is 10.8. The van der Waals surface area contributed by atoms with E-state index in [1.54, 1.807) is 0 Å². The normalized spacial score (nSPS) is 42.4. The minimum absolute atomic E-state index is 0.375.